The number of carbonyl (C=O) groups excluding carboxylic acids is 1. The van der Waals surface area contributed by atoms with Gasteiger partial charge in [0, 0.05) is 26.3 Å². The van der Waals surface area contributed by atoms with E-state index in [4.69, 9.17) is 9.84 Å². The van der Waals surface area contributed by atoms with Crippen LogP contribution in [0.5, 0.6) is 0 Å². The molecular weight excluding hydrogens is 292 g/mol. The fraction of sp³-hybridized carbons (Fsp3) is 0.611. The first kappa shape index (κ1) is 17.8. The lowest BCUT2D eigenvalue weighted by molar-refractivity contribution is 0.0160. The number of urea groups is 1. The molecule has 2 atom stereocenters. The van der Waals surface area contributed by atoms with Crippen molar-refractivity contribution in [1.82, 2.24) is 10.2 Å². The first-order valence-corrected chi connectivity index (χ1v) is 8.57. The molecule has 1 aromatic carbocycles. The molecule has 0 aromatic heterocycles. The van der Waals surface area contributed by atoms with E-state index in [1.807, 2.05) is 42.2 Å². The predicted molar refractivity (Wildman–Crippen MR) is 90.3 cm³/mol. The molecule has 2 rings (SSSR count). The van der Waals surface area contributed by atoms with Crippen LogP contribution in [0.3, 0.4) is 0 Å². The predicted octanol–water partition coefficient (Wildman–Crippen LogP) is 2.71. The molecule has 2 unspecified atom stereocenters. The van der Waals surface area contributed by atoms with E-state index >= 15 is 0 Å². The van der Waals surface area contributed by atoms with E-state index in [1.165, 1.54) is 0 Å². The van der Waals surface area contributed by atoms with Crippen LogP contribution >= 0.6 is 0 Å². The Morgan fingerprint density at radius 1 is 1.43 bits per heavy atom. The number of hydrogen-bond donors (Lipinski definition) is 2. The molecule has 2 amide bonds. The molecule has 1 aliphatic rings. The third kappa shape index (κ3) is 5.52. The normalized spacial score (nSPS) is 19.4. The number of hydrogen-bond acceptors (Lipinski definition) is 3. The molecule has 1 saturated heterocycles. The fourth-order valence-electron chi connectivity index (χ4n) is 3.04. The lowest BCUT2D eigenvalue weighted by Crippen LogP contribution is -2.48. The quantitative estimate of drug-likeness (QED) is 0.812. The summed E-state index contributed by atoms with van der Waals surface area (Å²) in [5, 5.41) is 12.2. The number of nitrogens with one attached hydrogen (secondary N) is 1. The van der Waals surface area contributed by atoms with Crippen LogP contribution in [0.25, 0.3) is 0 Å². The smallest absolute Gasteiger partial charge is 0.317 e. The molecule has 0 aliphatic carbocycles. The number of benzene rings is 1. The summed E-state index contributed by atoms with van der Waals surface area (Å²) in [4.78, 5) is 14.4. The van der Waals surface area contributed by atoms with Gasteiger partial charge in [-0.2, -0.15) is 0 Å². The van der Waals surface area contributed by atoms with E-state index in [1.54, 1.807) is 0 Å². The number of aliphatic hydroxyl groups is 1. The van der Waals surface area contributed by atoms with Gasteiger partial charge in [0.15, 0.2) is 0 Å². The second-order valence-corrected chi connectivity index (χ2v) is 5.94. The maximum Gasteiger partial charge on any atom is 0.317 e. The number of ether oxygens (including phenoxy) is 1. The summed E-state index contributed by atoms with van der Waals surface area (Å²) >= 11 is 0. The van der Waals surface area contributed by atoms with Crippen LogP contribution in [0.1, 0.15) is 44.2 Å². The van der Waals surface area contributed by atoms with Crippen molar-refractivity contribution in [2.24, 2.45) is 0 Å². The van der Waals surface area contributed by atoms with Gasteiger partial charge in [-0.05, 0) is 38.2 Å². The highest BCUT2D eigenvalue weighted by molar-refractivity contribution is 5.74. The van der Waals surface area contributed by atoms with Gasteiger partial charge in [-0.1, -0.05) is 30.3 Å². The number of amides is 2. The Kier molecular flexibility index (Phi) is 7.36. The molecule has 1 aromatic rings. The molecule has 5 heteroatoms. The summed E-state index contributed by atoms with van der Waals surface area (Å²) in [5.74, 6) is 0. The number of likely N-dealkylation sites (tertiary alicyclic amines) is 1. The van der Waals surface area contributed by atoms with Crippen LogP contribution in [0.15, 0.2) is 30.3 Å². The Labute approximate surface area is 138 Å². The van der Waals surface area contributed by atoms with Crippen LogP contribution in [0.2, 0.25) is 0 Å². The molecule has 1 aliphatic heterocycles. The number of nitrogens with zero attached hydrogens (tertiary/aromatic N) is 1. The van der Waals surface area contributed by atoms with Gasteiger partial charge in [0.25, 0.3) is 0 Å². The largest absolute Gasteiger partial charge is 0.396 e. The Hall–Kier alpha value is -1.59. The molecule has 2 N–H and O–H groups in total. The zero-order valence-corrected chi connectivity index (χ0v) is 13.9. The Morgan fingerprint density at radius 2 is 2.22 bits per heavy atom. The second kappa shape index (κ2) is 9.53. The van der Waals surface area contributed by atoms with E-state index in [0.717, 1.165) is 31.4 Å². The third-order valence-electron chi connectivity index (χ3n) is 4.22. The van der Waals surface area contributed by atoms with E-state index in [2.05, 4.69) is 5.32 Å². The standard InChI is InChI=1S/C18H28N2O3/c1-2-23-16-10-6-12-20(14-16)18(22)19-17(11-7-13-21)15-8-4-3-5-9-15/h3-5,8-9,16-17,21H,2,6-7,10-14H2,1H3,(H,19,22). The highest BCUT2D eigenvalue weighted by atomic mass is 16.5. The SMILES string of the molecule is CCOC1CCCN(C(=O)NC(CCCO)c2ccccc2)C1. The van der Waals surface area contributed by atoms with Crippen molar-refractivity contribution in [2.45, 2.75) is 44.8 Å². The van der Waals surface area contributed by atoms with Crippen LogP contribution in [0, 0.1) is 0 Å². The lowest BCUT2D eigenvalue weighted by atomic mass is 10.0. The van der Waals surface area contributed by atoms with Gasteiger partial charge in [0.1, 0.15) is 0 Å². The molecule has 5 nitrogen and oxygen atoms in total. The van der Waals surface area contributed by atoms with Crippen molar-refractivity contribution in [3.8, 4) is 0 Å². The van der Waals surface area contributed by atoms with Crippen molar-refractivity contribution in [2.75, 3.05) is 26.3 Å². The average Bonchev–Trinajstić information content (AvgIpc) is 2.59. The number of carbonyl (C=O) groups is 1. The van der Waals surface area contributed by atoms with E-state index in [9.17, 15) is 4.79 Å². The zero-order valence-electron chi connectivity index (χ0n) is 13.9. The molecule has 1 fully saturated rings. The minimum atomic E-state index is -0.0664. The van der Waals surface area contributed by atoms with Crippen LogP contribution < -0.4 is 5.32 Å². The van der Waals surface area contributed by atoms with Gasteiger partial charge >= 0.3 is 6.03 Å². The first-order chi connectivity index (χ1) is 11.2. The summed E-state index contributed by atoms with van der Waals surface area (Å²) in [5.41, 5.74) is 1.08. The highest BCUT2D eigenvalue weighted by Crippen LogP contribution is 2.20. The van der Waals surface area contributed by atoms with Gasteiger partial charge in [-0.15, -0.1) is 0 Å². The Balaban J connectivity index is 1.96. The molecule has 0 saturated carbocycles. The third-order valence-corrected chi connectivity index (χ3v) is 4.22. The molecule has 128 valence electrons. The molecule has 1 heterocycles. The van der Waals surface area contributed by atoms with Crippen molar-refractivity contribution < 1.29 is 14.6 Å². The second-order valence-electron chi connectivity index (χ2n) is 5.94. The van der Waals surface area contributed by atoms with E-state index < -0.39 is 0 Å². The maximum absolute atomic E-state index is 12.6. The van der Waals surface area contributed by atoms with Crippen LogP contribution in [-0.4, -0.2) is 48.4 Å². The number of piperidine rings is 1. The van der Waals surface area contributed by atoms with Gasteiger partial charge in [-0.25, -0.2) is 4.79 Å². The van der Waals surface area contributed by atoms with Crippen molar-refractivity contribution >= 4 is 6.03 Å². The van der Waals surface area contributed by atoms with Crippen LogP contribution in [-0.2, 0) is 4.74 Å². The molecule has 0 bridgehead atoms. The van der Waals surface area contributed by atoms with Crippen LogP contribution in [0.4, 0.5) is 4.79 Å². The topological polar surface area (TPSA) is 61.8 Å². The number of rotatable bonds is 7. The zero-order chi connectivity index (χ0) is 16.5. The Morgan fingerprint density at radius 3 is 2.91 bits per heavy atom. The minimum Gasteiger partial charge on any atom is -0.396 e. The fourth-order valence-corrected chi connectivity index (χ4v) is 3.04. The maximum atomic E-state index is 12.6. The van der Waals surface area contributed by atoms with Crippen molar-refractivity contribution in [3.63, 3.8) is 0 Å². The van der Waals surface area contributed by atoms with Gasteiger partial charge < -0.3 is 20.1 Å². The van der Waals surface area contributed by atoms with E-state index in [-0.39, 0.29) is 24.8 Å². The van der Waals surface area contributed by atoms with E-state index in [0.29, 0.717) is 19.6 Å². The number of aliphatic hydroxyl groups excluding tert-OH is 1. The molecular formula is C18H28N2O3. The van der Waals surface area contributed by atoms with Gasteiger partial charge in [0.2, 0.25) is 0 Å². The lowest BCUT2D eigenvalue weighted by Gasteiger charge is -2.33. The summed E-state index contributed by atoms with van der Waals surface area (Å²) < 4.78 is 5.66. The average molecular weight is 320 g/mol. The minimum absolute atomic E-state index is 0.0406. The summed E-state index contributed by atoms with van der Waals surface area (Å²) in [6.45, 7) is 4.23. The monoisotopic (exact) mass is 320 g/mol. The summed E-state index contributed by atoms with van der Waals surface area (Å²) in [6.07, 6.45) is 3.54. The molecule has 0 radical (unpaired) electrons. The highest BCUT2D eigenvalue weighted by Gasteiger charge is 2.25. The van der Waals surface area contributed by atoms with Crippen molar-refractivity contribution in [3.05, 3.63) is 35.9 Å². The molecule has 23 heavy (non-hydrogen) atoms. The van der Waals surface area contributed by atoms with Gasteiger partial charge in [0.05, 0.1) is 12.1 Å². The molecule has 0 spiro atoms. The van der Waals surface area contributed by atoms with Gasteiger partial charge in [-0.3, -0.25) is 0 Å². The Bertz CT molecular complexity index is 465. The first-order valence-electron chi connectivity index (χ1n) is 8.57. The summed E-state index contributed by atoms with van der Waals surface area (Å²) in [6, 6.07) is 9.83. The van der Waals surface area contributed by atoms with Crippen molar-refractivity contribution in [1.29, 1.82) is 0 Å². The summed E-state index contributed by atoms with van der Waals surface area (Å²) in [7, 11) is 0.